The van der Waals surface area contributed by atoms with Crippen LogP contribution in [-0.4, -0.2) is 17.9 Å². The number of carbonyl (C=O) groups excluding carboxylic acids is 1. The number of fused-ring (bicyclic) bond motifs is 1. The molecule has 3 nitrogen and oxygen atoms in total. The van der Waals surface area contributed by atoms with Gasteiger partial charge < -0.3 is 10.3 Å². The second-order valence-corrected chi connectivity index (χ2v) is 3.38. The number of H-pyrrole nitrogens is 1. The maximum absolute atomic E-state index is 11.1. The van der Waals surface area contributed by atoms with Gasteiger partial charge in [0.05, 0.1) is 6.42 Å². The first-order valence-corrected chi connectivity index (χ1v) is 4.91. The van der Waals surface area contributed by atoms with E-state index in [1.54, 1.807) is 13.5 Å². The van der Waals surface area contributed by atoms with Crippen molar-refractivity contribution in [3.8, 4) is 0 Å². The minimum absolute atomic E-state index is 0.0414. The summed E-state index contributed by atoms with van der Waals surface area (Å²) in [6.07, 6.45) is 4.25. The Morgan fingerprint density at radius 2 is 2.27 bits per heavy atom. The van der Waals surface area contributed by atoms with Crippen molar-refractivity contribution in [3.63, 3.8) is 0 Å². The Bertz CT molecular complexity index is 473. The lowest BCUT2D eigenvalue weighted by atomic mass is 10.1. The molecule has 2 rings (SSSR count). The summed E-state index contributed by atoms with van der Waals surface area (Å²) in [4.78, 5) is 14.2. The Balaban J connectivity index is 2.18. The lowest BCUT2D eigenvalue weighted by Crippen LogP contribution is -2.18. The van der Waals surface area contributed by atoms with Gasteiger partial charge in [0.25, 0.3) is 0 Å². The van der Waals surface area contributed by atoms with Crippen molar-refractivity contribution < 1.29 is 4.79 Å². The summed E-state index contributed by atoms with van der Waals surface area (Å²) >= 11 is 0. The zero-order chi connectivity index (χ0) is 10.7. The summed E-state index contributed by atoms with van der Waals surface area (Å²) in [5.41, 5.74) is 2.26. The highest BCUT2D eigenvalue weighted by Gasteiger charge is 2.05. The molecule has 2 N–H and O–H groups in total. The summed E-state index contributed by atoms with van der Waals surface area (Å²) in [6.45, 7) is 0. The number of hydrogen-bond acceptors (Lipinski definition) is 1. The van der Waals surface area contributed by atoms with Gasteiger partial charge in [-0.15, -0.1) is 0 Å². The number of rotatable bonds is 3. The predicted molar refractivity (Wildman–Crippen MR) is 60.4 cm³/mol. The molecule has 77 valence electrons. The maximum Gasteiger partial charge on any atom is 0.224 e. The molecule has 1 amide bonds. The number of nitrogens with one attached hydrogen (secondary N) is 2. The van der Waals surface area contributed by atoms with Crippen LogP contribution in [0, 0.1) is 6.42 Å². The molecule has 1 aromatic carbocycles. The van der Waals surface area contributed by atoms with Crippen molar-refractivity contribution in [2.75, 3.05) is 7.05 Å². The fraction of sp³-hybridized carbons (Fsp3) is 0.167. The first kappa shape index (κ1) is 9.77. The first-order valence-electron chi connectivity index (χ1n) is 4.91. The Hall–Kier alpha value is -1.77. The van der Waals surface area contributed by atoms with E-state index in [1.165, 1.54) is 5.39 Å². The molecule has 3 heteroatoms. The van der Waals surface area contributed by atoms with E-state index in [2.05, 4.69) is 16.4 Å². The van der Waals surface area contributed by atoms with Crippen molar-refractivity contribution in [1.29, 1.82) is 0 Å². The molecule has 15 heavy (non-hydrogen) atoms. The molecule has 0 fully saturated rings. The van der Waals surface area contributed by atoms with E-state index in [1.807, 2.05) is 24.4 Å². The summed E-state index contributed by atoms with van der Waals surface area (Å²) in [5.74, 6) is -0.0414. The molecule has 0 saturated heterocycles. The van der Waals surface area contributed by atoms with E-state index in [0.717, 1.165) is 11.1 Å². The van der Waals surface area contributed by atoms with Crippen molar-refractivity contribution in [1.82, 2.24) is 10.3 Å². The van der Waals surface area contributed by atoms with Crippen LogP contribution < -0.4 is 5.32 Å². The Kier molecular flexibility index (Phi) is 2.72. The van der Waals surface area contributed by atoms with Crippen LogP contribution in [0.1, 0.15) is 5.56 Å². The van der Waals surface area contributed by atoms with Gasteiger partial charge in [0, 0.05) is 24.1 Å². The number of carbonyl (C=O) groups is 1. The zero-order valence-electron chi connectivity index (χ0n) is 8.58. The van der Waals surface area contributed by atoms with Gasteiger partial charge in [-0.3, -0.25) is 4.79 Å². The quantitative estimate of drug-likeness (QED) is 0.779. The van der Waals surface area contributed by atoms with Crippen LogP contribution in [0.5, 0.6) is 0 Å². The SMILES string of the molecule is CNC(=O)[CH]Cc1c[nH]c2ccccc12. The van der Waals surface area contributed by atoms with Crippen molar-refractivity contribution in [2.24, 2.45) is 0 Å². The smallest absolute Gasteiger partial charge is 0.224 e. The average Bonchev–Trinajstić information content (AvgIpc) is 2.69. The highest BCUT2D eigenvalue weighted by Crippen LogP contribution is 2.18. The summed E-state index contributed by atoms with van der Waals surface area (Å²) in [7, 11) is 1.63. The molecular formula is C12H13N2O. The van der Waals surface area contributed by atoms with Gasteiger partial charge in [-0.05, 0) is 18.1 Å². The van der Waals surface area contributed by atoms with Crippen molar-refractivity contribution in [2.45, 2.75) is 6.42 Å². The van der Waals surface area contributed by atoms with E-state index in [0.29, 0.717) is 6.42 Å². The van der Waals surface area contributed by atoms with E-state index >= 15 is 0 Å². The molecule has 1 heterocycles. The number of aromatic amines is 1. The third kappa shape index (κ3) is 2.01. The Morgan fingerprint density at radius 3 is 3.07 bits per heavy atom. The summed E-state index contributed by atoms with van der Waals surface area (Å²) in [5, 5.41) is 3.75. The molecule has 0 aliphatic rings. The molecule has 0 bridgehead atoms. The number of aromatic nitrogens is 1. The van der Waals surface area contributed by atoms with Gasteiger partial charge in [0.1, 0.15) is 0 Å². The maximum atomic E-state index is 11.1. The van der Waals surface area contributed by atoms with Gasteiger partial charge in [-0.1, -0.05) is 18.2 Å². The Morgan fingerprint density at radius 1 is 1.47 bits per heavy atom. The van der Waals surface area contributed by atoms with Gasteiger partial charge in [-0.25, -0.2) is 0 Å². The third-order valence-electron chi connectivity index (χ3n) is 2.43. The summed E-state index contributed by atoms with van der Waals surface area (Å²) in [6, 6.07) is 8.07. The lowest BCUT2D eigenvalue weighted by molar-refractivity contribution is -0.117. The molecule has 0 aliphatic carbocycles. The molecule has 0 spiro atoms. The van der Waals surface area contributed by atoms with Gasteiger partial charge in [0.15, 0.2) is 0 Å². The minimum Gasteiger partial charge on any atom is -0.361 e. The average molecular weight is 201 g/mol. The van der Waals surface area contributed by atoms with E-state index in [9.17, 15) is 4.79 Å². The van der Waals surface area contributed by atoms with E-state index < -0.39 is 0 Å². The number of amides is 1. The molecule has 0 atom stereocenters. The van der Waals surface area contributed by atoms with Crippen molar-refractivity contribution in [3.05, 3.63) is 42.4 Å². The monoisotopic (exact) mass is 201 g/mol. The molecule has 2 aromatic rings. The second-order valence-electron chi connectivity index (χ2n) is 3.38. The van der Waals surface area contributed by atoms with Crippen LogP contribution in [0.2, 0.25) is 0 Å². The number of benzene rings is 1. The van der Waals surface area contributed by atoms with Crippen LogP contribution in [0.15, 0.2) is 30.5 Å². The summed E-state index contributed by atoms with van der Waals surface area (Å²) < 4.78 is 0. The minimum atomic E-state index is -0.0414. The Labute approximate surface area is 88.5 Å². The highest BCUT2D eigenvalue weighted by molar-refractivity contribution is 5.87. The van der Waals surface area contributed by atoms with Crippen LogP contribution in [0.25, 0.3) is 10.9 Å². The fourth-order valence-corrected chi connectivity index (χ4v) is 1.61. The molecule has 1 radical (unpaired) electrons. The fourth-order valence-electron chi connectivity index (χ4n) is 1.61. The van der Waals surface area contributed by atoms with Crippen LogP contribution >= 0.6 is 0 Å². The topological polar surface area (TPSA) is 44.9 Å². The van der Waals surface area contributed by atoms with Gasteiger partial charge in [-0.2, -0.15) is 0 Å². The highest BCUT2D eigenvalue weighted by atomic mass is 16.1. The largest absolute Gasteiger partial charge is 0.361 e. The normalized spacial score (nSPS) is 10.5. The molecular weight excluding hydrogens is 188 g/mol. The van der Waals surface area contributed by atoms with E-state index in [4.69, 9.17) is 0 Å². The second kappa shape index (κ2) is 4.17. The molecule has 0 aliphatic heterocycles. The first-order chi connectivity index (χ1) is 7.31. The van der Waals surface area contributed by atoms with Crippen molar-refractivity contribution >= 4 is 16.8 Å². The van der Waals surface area contributed by atoms with Crippen LogP contribution in [-0.2, 0) is 11.2 Å². The van der Waals surface area contributed by atoms with E-state index in [-0.39, 0.29) is 5.91 Å². The van der Waals surface area contributed by atoms with Crippen LogP contribution in [0.3, 0.4) is 0 Å². The number of para-hydroxylation sites is 1. The zero-order valence-corrected chi connectivity index (χ0v) is 8.58. The van der Waals surface area contributed by atoms with Gasteiger partial charge >= 0.3 is 0 Å². The third-order valence-corrected chi connectivity index (χ3v) is 2.43. The predicted octanol–water partition coefficient (Wildman–Crippen LogP) is 1.66. The van der Waals surface area contributed by atoms with Crippen LogP contribution in [0.4, 0.5) is 0 Å². The molecule has 1 aromatic heterocycles. The molecule has 0 saturated carbocycles. The number of hydrogen-bond donors (Lipinski definition) is 2. The lowest BCUT2D eigenvalue weighted by Gasteiger charge is -1.98. The van der Waals surface area contributed by atoms with Gasteiger partial charge in [0.2, 0.25) is 5.91 Å². The standard InChI is InChI=1S/C12H13N2O/c1-13-12(15)7-6-9-8-14-11-5-3-2-4-10(9)11/h2-5,7-8,14H,6H2,1H3,(H,13,15). The molecule has 0 unspecified atom stereocenters.